The van der Waals surface area contributed by atoms with Gasteiger partial charge in [0.2, 0.25) is 0 Å². The predicted octanol–water partition coefficient (Wildman–Crippen LogP) is 1.76. The third-order valence-electron chi connectivity index (χ3n) is 2.37. The molecule has 0 atom stereocenters. The van der Waals surface area contributed by atoms with E-state index in [-0.39, 0.29) is 16.8 Å². The van der Waals surface area contributed by atoms with Crippen LogP contribution in [0.2, 0.25) is 5.15 Å². The first-order valence-electron chi connectivity index (χ1n) is 5.33. The van der Waals surface area contributed by atoms with E-state index in [9.17, 15) is 4.79 Å². The summed E-state index contributed by atoms with van der Waals surface area (Å²) < 4.78 is 0. The van der Waals surface area contributed by atoms with Crippen molar-refractivity contribution in [3.05, 3.63) is 52.8 Å². The monoisotopic (exact) mass is 262 g/mol. The Morgan fingerprint density at radius 2 is 2.28 bits per heavy atom. The Hall–Kier alpha value is -2.01. The lowest BCUT2D eigenvalue weighted by atomic mass is 10.2. The molecule has 5 nitrogen and oxygen atoms in total. The van der Waals surface area contributed by atoms with Crippen molar-refractivity contribution in [1.82, 2.24) is 20.3 Å². The van der Waals surface area contributed by atoms with Gasteiger partial charge in [-0.1, -0.05) is 17.7 Å². The van der Waals surface area contributed by atoms with E-state index in [0.717, 1.165) is 11.3 Å². The average Bonchev–Trinajstić information content (AvgIpc) is 2.37. The zero-order valence-electron chi connectivity index (χ0n) is 9.72. The standard InChI is InChI=1S/C12H11ClN4O/c1-8-3-2-4-15-9(8)6-16-12(18)10-5-14-7-11(13)17-10/h2-5,7H,6H2,1H3,(H,16,18). The Morgan fingerprint density at radius 1 is 1.44 bits per heavy atom. The summed E-state index contributed by atoms with van der Waals surface area (Å²) >= 11 is 5.67. The summed E-state index contributed by atoms with van der Waals surface area (Å²) in [5.41, 5.74) is 2.03. The van der Waals surface area contributed by atoms with Gasteiger partial charge in [0.1, 0.15) is 10.8 Å². The fraction of sp³-hybridized carbons (Fsp3) is 0.167. The maximum absolute atomic E-state index is 11.8. The van der Waals surface area contributed by atoms with Crippen LogP contribution in [0.3, 0.4) is 0 Å². The number of rotatable bonds is 3. The van der Waals surface area contributed by atoms with Gasteiger partial charge in [-0.3, -0.25) is 14.8 Å². The maximum Gasteiger partial charge on any atom is 0.271 e. The van der Waals surface area contributed by atoms with Gasteiger partial charge in [0.25, 0.3) is 5.91 Å². The van der Waals surface area contributed by atoms with Gasteiger partial charge >= 0.3 is 0 Å². The summed E-state index contributed by atoms with van der Waals surface area (Å²) in [5, 5.41) is 2.91. The van der Waals surface area contributed by atoms with Gasteiger partial charge < -0.3 is 5.32 Å². The number of nitrogens with zero attached hydrogens (tertiary/aromatic N) is 3. The van der Waals surface area contributed by atoms with Gasteiger partial charge in [-0.05, 0) is 18.6 Å². The van der Waals surface area contributed by atoms with Gasteiger partial charge in [0.05, 0.1) is 24.6 Å². The zero-order chi connectivity index (χ0) is 13.0. The molecule has 0 saturated carbocycles. The number of nitrogens with one attached hydrogen (secondary N) is 1. The molecule has 2 aromatic heterocycles. The number of hydrogen-bond donors (Lipinski definition) is 1. The Labute approximate surface area is 109 Å². The third-order valence-corrected chi connectivity index (χ3v) is 2.55. The number of carbonyl (C=O) groups excluding carboxylic acids is 1. The first kappa shape index (κ1) is 12.4. The molecule has 0 bridgehead atoms. The van der Waals surface area contributed by atoms with Crippen molar-refractivity contribution in [2.24, 2.45) is 0 Å². The fourth-order valence-electron chi connectivity index (χ4n) is 1.41. The molecule has 0 fully saturated rings. The number of amides is 1. The molecule has 0 aliphatic rings. The first-order chi connectivity index (χ1) is 8.66. The minimum absolute atomic E-state index is 0.191. The summed E-state index contributed by atoms with van der Waals surface area (Å²) in [4.78, 5) is 23.7. The molecular formula is C12H11ClN4O. The van der Waals surface area contributed by atoms with Crippen molar-refractivity contribution in [3.8, 4) is 0 Å². The van der Waals surface area contributed by atoms with Crippen molar-refractivity contribution < 1.29 is 4.79 Å². The van der Waals surface area contributed by atoms with Crippen LogP contribution in [0.25, 0.3) is 0 Å². The lowest BCUT2D eigenvalue weighted by Crippen LogP contribution is -2.24. The molecule has 0 aliphatic heterocycles. The first-order valence-corrected chi connectivity index (χ1v) is 5.71. The van der Waals surface area contributed by atoms with E-state index in [2.05, 4.69) is 20.3 Å². The van der Waals surface area contributed by atoms with Crippen LogP contribution in [-0.4, -0.2) is 20.9 Å². The van der Waals surface area contributed by atoms with E-state index in [1.54, 1.807) is 6.20 Å². The van der Waals surface area contributed by atoms with Crippen molar-refractivity contribution in [3.63, 3.8) is 0 Å². The highest BCUT2D eigenvalue weighted by Crippen LogP contribution is 2.04. The van der Waals surface area contributed by atoms with Crippen molar-refractivity contribution in [2.75, 3.05) is 0 Å². The lowest BCUT2D eigenvalue weighted by Gasteiger charge is -2.06. The molecular weight excluding hydrogens is 252 g/mol. The highest BCUT2D eigenvalue weighted by molar-refractivity contribution is 6.29. The largest absolute Gasteiger partial charge is 0.345 e. The average molecular weight is 263 g/mol. The molecule has 18 heavy (non-hydrogen) atoms. The molecule has 0 radical (unpaired) electrons. The normalized spacial score (nSPS) is 10.1. The fourth-order valence-corrected chi connectivity index (χ4v) is 1.56. The van der Waals surface area contributed by atoms with Crippen molar-refractivity contribution in [1.29, 1.82) is 0 Å². The predicted molar refractivity (Wildman–Crippen MR) is 67.2 cm³/mol. The van der Waals surface area contributed by atoms with Crippen LogP contribution in [0.4, 0.5) is 0 Å². The van der Waals surface area contributed by atoms with Gasteiger partial charge in [0, 0.05) is 6.20 Å². The smallest absolute Gasteiger partial charge is 0.271 e. The van der Waals surface area contributed by atoms with Crippen LogP contribution in [0, 0.1) is 6.92 Å². The molecule has 0 aliphatic carbocycles. The third kappa shape index (κ3) is 3.01. The Bertz CT molecular complexity index is 574. The van der Waals surface area contributed by atoms with E-state index in [1.165, 1.54) is 12.4 Å². The summed E-state index contributed by atoms with van der Waals surface area (Å²) in [7, 11) is 0. The summed E-state index contributed by atoms with van der Waals surface area (Å²) in [6.45, 7) is 2.29. The van der Waals surface area contributed by atoms with E-state index in [0.29, 0.717) is 6.54 Å². The quantitative estimate of drug-likeness (QED) is 0.915. The molecule has 0 saturated heterocycles. The van der Waals surface area contributed by atoms with Crippen molar-refractivity contribution >= 4 is 17.5 Å². The second-order valence-electron chi connectivity index (χ2n) is 3.68. The van der Waals surface area contributed by atoms with Crippen LogP contribution in [0.1, 0.15) is 21.7 Å². The van der Waals surface area contributed by atoms with E-state index >= 15 is 0 Å². The minimum Gasteiger partial charge on any atom is -0.345 e. The maximum atomic E-state index is 11.8. The molecule has 2 heterocycles. The second kappa shape index (κ2) is 5.55. The van der Waals surface area contributed by atoms with E-state index in [1.807, 2.05) is 19.1 Å². The molecule has 2 rings (SSSR count). The molecule has 6 heteroatoms. The SMILES string of the molecule is Cc1cccnc1CNC(=O)c1cncc(Cl)n1. The summed E-state index contributed by atoms with van der Waals surface area (Å²) in [6, 6.07) is 3.79. The number of aryl methyl sites for hydroxylation is 1. The minimum atomic E-state index is -0.324. The highest BCUT2D eigenvalue weighted by atomic mass is 35.5. The number of hydrogen-bond acceptors (Lipinski definition) is 4. The molecule has 0 spiro atoms. The summed E-state index contributed by atoms with van der Waals surface area (Å²) in [6.07, 6.45) is 4.43. The van der Waals surface area contributed by atoms with Gasteiger partial charge in [-0.2, -0.15) is 0 Å². The molecule has 2 aromatic rings. The number of carbonyl (C=O) groups is 1. The number of pyridine rings is 1. The van der Waals surface area contributed by atoms with Crippen LogP contribution in [-0.2, 0) is 6.54 Å². The number of aromatic nitrogens is 3. The van der Waals surface area contributed by atoms with Crippen LogP contribution in [0.15, 0.2) is 30.7 Å². The highest BCUT2D eigenvalue weighted by Gasteiger charge is 2.08. The Kier molecular flexibility index (Phi) is 3.84. The number of halogens is 1. The molecule has 0 aromatic carbocycles. The topological polar surface area (TPSA) is 67.8 Å². The Morgan fingerprint density at radius 3 is 3.00 bits per heavy atom. The van der Waals surface area contributed by atoms with E-state index in [4.69, 9.17) is 11.6 Å². The van der Waals surface area contributed by atoms with Crippen LogP contribution >= 0.6 is 11.6 Å². The lowest BCUT2D eigenvalue weighted by molar-refractivity contribution is 0.0945. The van der Waals surface area contributed by atoms with Crippen LogP contribution in [0.5, 0.6) is 0 Å². The molecule has 1 N–H and O–H groups in total. The second-order valence-corrected chi connectivity index (χ2v) is 4.06. The Balaban J connectivity index is 2.03. The van der Waals surface area contributed by atoms with E-state index < -0.39 is 0 Å². The van der Waals surface area contributed by atoms with Crippen molar-refractivity contribution in [2.45, 2.75) is 13.5 Å². The molecule has 92 valence electrons. The van der Waals surface area contributed by atoms with Gasteiger partial charge in [-0.15, -0.1) is 0 Å². The molecule has 1 amide bonds. The summed E-state index contributed by atoms with van der Waals surface area (Å²) in [5.74, 6) is -0.324. The molecule has 0 unspecified atom stereocenters. The zero-order valence-corrected chi connectivity index (χ0v) is 10.5. The van der Waals surface area contributed by atoms with Crippen LogP contribution < -0.4 is 5.32 Å². The van der Waals surface area contributed by atoms with Gasteiger partial charge in [-0.25, -0.2) is 4.98 Å². The van der Waals surface area contributed by atoms with Gasteiger partial charge in [0.15, 0.2) is 0 Å².